The summed E-state index contributed by atoms with van der Waals surface area (Å²) in [5.41, 5.74) is 0.397. The summed E-state index contributed by atoms with van der Waals surface area (Å²) in [6.07, 6.45) is 5.95. The number of aliphatic hydroxyl groups is 1. The monoisotopic (exact) mass is 361 g/mol. The SMILES string of the molecule is O=C(c1ccc(Cl)cc1-n1ncnn1)N1CC[C@]2(O)CCCC[C@H]2C1. The van der Waals surface area contributed by atoms with Gasteiger partial charge in [0.2, 0.25) is 0 Å². The molecule has 132 valence electrons. The zero-order chi connectivity index (χ0) is 17.4. The van der Waals surface area contributed by atoms with Crippen molar-refractivity contribution in [3.63, 3.8) is 0 Å². The summed E-state index contributed by atoms with van der Waals surface area (Å²) >= 11 is 6.09. The van der Waals surface area contributed by atoms with Crippen LogP contribution in [0.25, 0.3) is 5.69 Å². The Labute approximate surface area is 150 Å². The number of aromatic nitrogens is 4. The molecule has 25 heavy (non-hydrogen) atoms. The molecule has 2 aromatic rings. The lowest BCUT2D eigenvalue weighted by Gasteiger charge is -2.47. The van der Waals surface area contributed by atoms with Crippen molar-refractivity contribution in [2.75, 3.05) is 13.1 Å². The van der Waals surface area contributed by atoms with Gasteiger partial charge in [0.1, 0.15) is 5.69 Å². The number of carbonyl (C=O) groups is 1. The molecule has 1 aliphatic carbocycles. The van der Waals surface area contributed by atoms with Crippen molar-refractivity contribution in [1.29, 1.82) is 0 Å². The quantitative estimate of drug-likeness (QED) is 0.885. The van der Waals surface area contributed by atoms with Gasteiger partial charge in [0.05, 0.1) is 11.2 Å². The molecule has 0 radical (unpaired) electrons. The molecule has 1 N–H and O–H groups in total. The molecule has 2 heterocycles. The number of benzene rings is 1. The van der Waals surface area contributed by atoms with E-state index in [1.165, 1.54) is 11.1 Å². The first-order valence-corrected chi connectivity index (χ1v) is 8.99. The smallest absolute Gasteiger partial charge is 0.256 e. The van der Waals surface area contributed by atoms with Crippen molar-refractivity contribution in [3.05, 3.63) is 35.1 Å². The molecule has 0 spiro atoms. The molecule has 1 aromatic carbocycles. The Morgan fingerprint density at radius 2 is 2.20 bits per heavy atom. The Balaban J connectivity index is 1.62. The van der Waals surface area contributed by atoms with E-state index in [1.54, 1.807) is 18.2 Å². The van der Waals surface area contributed by atoms with Crippen LogP contribution in [0.2, 0.25) is 5.02 Å². The first-order chi connectivity index (χ1) is 12.1. The lowest BCUT2D eigenvalue weighted by atomic mass is 9.71. The fraction of sp³-hybridized carbons (Fsp3) is 0.529. The average molecular weight is 362 g/mol. The molecule has 7 nitrogen and oxygen atoms in total. The van der Waals surface area contributed by atoms with E-state index in [4.69, 9.17) is 11.6 Å². The van der Waals surface area contributed by atoms with E-state index in [1.807, 2.05) is 4.90 Å². The summed E-state index contributed by atoms with van der Waals surface area (Å²) in [6.45, 7) is 1.14. The van der Waals surface area contributed by atoms with E-state index >= 15 is 0 Å². The molecule has 1 saturated heterocycles. The second-order valence-corrected chi connectivity index (χ2v) is 7.37. The van der Waals surface area contributed by atoms with Crippen molar-refractivity contribution < 1.29 is 9.90 Å². The van der Waals surface area contributed by atoms with Gasteiger partial charge in [-0.2, -0.15) is 0 Å². The maximum absolute atomic E-state index is 13.1. The van der Waals surface area contributed by atoms with E-state index in [9.17, 15) is 9.90 Å². The number of hydrogen-bond acceptors (Lipinski definition) is 5. The van der Waals surface area contributed by atoms with E-state index in [-0.39, 0.29) is 11.8 Å². The van der Waals surface area contributed by atoms with Crippen molar-refractivity contribution in [2.45, 2.75) is 37.7 Å². The summed E-state index contributed by atoms with van der Waals surface area (Å²) in [4.78, 5) is 16.3. The van der Waals surface area contributed by atoms with Gasteiger partial charge < -0.3 is 10.0 Å². The van der Waals surface area contributed by atoms with Gasteiger partial charge in [0, 0.05) is 24.0 Å². The number of carbonyl (C=O) groups excluding carboxylic acids is 1. The number of rotatable bonds is 2. The van der Waals surface area contributed by atoms with E-state index < -0.39 is 5.60 Å². The molecule has 0 bridgehead atoms. The van der Waals surface area contributed by atoms with Gasteiger partial charge in [-0.3, -0.25) is 4.79 Å². The zero-order valence-electron chi connectivity index (χ0n) is 13.8. The Kier molecular flexibility index (Phi) is 4.21. The number of tetrazole rings is 1. The molecular formula is C17H20ClN5O2. The van der Waals surface area contributed by atoms with Crippen LogP contribution >= 0.6 is 11.6 Å². The number of amides is 1. The molecule has 2 fully saturated rings. The highest BCUT2D eigenvalue weighted by atomic mass is 35.5. The Hall–Kier alpha value is -1.99. The zero-order valence-corrected chi connectivity index (χ0v) is 14.6. The van der Waals surface area contributed by atoms with Crippen LogP contribution in [0.15, 0.2) is 24.5 Å². The number of halogens is 1. The molecule has 0 unspecified atom stereocenters. The minimum atomic E-state index is -0.606. The molecule has 4 rings (SSSR count). The highest BCUT2D eigenvalue weighted by Gasteiger charge is 2.44. The third-order valence-corrected chi connectivity index (χ3v) is 5.70. The van der Waals surface area contributed by atoms with Crippen molar-refractivity contribution in [3.8, 4) is 5.69 Å². The number of likely N-dealkylation sites (tertiary alicyclic amines) is 1. The van der Waals surface area contributed by atoms with Crippen LogP contribution in [0, 0.1) is 5.92 Å². The standard InChI is InChI=1S/C17H20ClN5O2/c18-13-4-5-14(15(9-13)23-20-11-19-21-23)16(24)22-8-7-17(25)6-2-1-3-12(17)10-22/h4-5,9,11-12,25H,1-3,6-8,10H2/t12-,17+/m0/s1. The average Bonchev–Trinajstić information content (AvgIpc) is 3.15. The molecular weight excluding hydrogens is 342 g/mol. The number of piperidine rings is 1. The fourth-order valence-corrected chi connectivity index (χ4v) is 4.22. The van der Waals surface area contributed by atoms with Crippen molar-refractivity contribution in [2.24, 2.45) is 5.92 Å². The minimum Gasteiger partial charge on any atom is -0.389 e. The topological polar surface area (TPSA) is 84.1 Å². The summed E-state index contributed by atoms with van der Waals surface area (Å²) in [6, 6.07) is 5.05. The molecule has 2 atom stereocenters. The normalized spacial score (nSPS) is 26.3. The van der Waals surface area contributed by atoms with Gasteiger partial charge >= 0.3 is 0 Å². The minimum absolute atomic E-state index is 0.0865. The van der Waals surface area contributed by atoms with Gasteiger partial charge in [-0.05, 0) is 42.7 Å². The highest BCUT2D eigenvalue weighted by Crippen LogP contribution is 2.40. The predicted octanol–water partition coefficient (Wildman–Crippen LogP) is 2.08. The van der Waals surface area contributed by atoms with Crippen LogP contribution in [-0.4, -0.2) is 54.8 Å². The fourth-order valence-electron chi connectivity index (χ4n) is 4.05. The lowest BCUT2D eigenvalue weighted by Crippen LogP contribution is -2.54. The van der Waals surface area contributed by atoms with Crippen LogP contribution in [-0.2, 0) is 0 Å². The first kappa shape index (κ1) is 16.5. The second-order valence-electron chi connectivity index (χ2n) is 6.93. The summed E-state index contributed by atoms with van der Waals surface area (Å²) in [7, 11) is 0. The van der Waals surface area contributed by atoms with Gasteiger partial charge in [-0.15, -0.1) is 15.0 Å². The van der Waals surface area contributed by atoms with Crippen LogP contribution in [0.4, 0.5) is 0 Å². The maximum atomic E-state index is 13.1. The van der Waals surface area contributed by atoms with Crippen LogP contribution in [0.1, 0.15) is 42.5 Å². The lowest BCUT2D eigenvalue weighted by molar-refractivity contribution is -0.0886. The Bertz CT molecular complexity index is 781. The van der Waals surface area contributed by atoms with Gasteiger partial charge in [0.25, 0.3) is 5.91 Å². The van der Waals surface area contributed by atoms with Crippen LogP contribution < -0.4 is 0 Å². The molecule has 1 aromatic heterocycles. The second kappa shape index (κ2) is 6.38. The molecule has 8 heteroatoms. The number of hydrogen-bond donors (Lipinski definition) is 1. The summed E-state index contributed by atoms with van der Waals surface area (Å²) < 4.78 is 0. The van der Waals surface area contributed by atoms with Crippen LogP contribution in [0.3, 0.4) is 0 Å². The number of fused-ring (bicyclic) bond motifs is 1. The third-order valence-electron chi connectivity index (χ3n) is 5.47. The predicted molar refractivity (Wildman–Crippen MR) is 91.6 cm³/mol. The first-order valence-electron chi connectivity index (χ1n) is 8.61. The molecule has 2 aliphatic rings. The van der Waals surface area contributed by atoms with Crippen LogP contribution in [0.5, 0.6) is 0 Å². The van der Waals surface area contributed by atoms with Gasteiger partial charge in [-0.1, -0.05) is 24.4 Å². The Morgan fingerprint density at radius 1 is 1.32 bits per heavy atom. The van der Waals surface area contributed by atoms with Crippen molar-refractivity contribution >= 4 is 17.5 Å². The Morgan fingerprint density at radius 3 is 3.00 bits per heavy atom. The maximum Gasteiger partial charge on any atom is 0.256 e. The van der Waals surface area contributed by atoms with Gasteiger partial charge in [0.15, 0.2) is 6.33 Å². The molecule has 1 saturated carbocycles. The molecule has 1 aliphatic heterocycles. The molecule has 1 amide bonds. The van der Waals surface area contributed by atoms with Gasteiger partial charge in [-0.25, -0.2) is 0 Å². The number of nitrogens with zero attached hydrogens (tertiary/aromatic N) is 5. The largest absolute Gasteiger partial charge is 0.389 e. The summed E-state index contributed by atoms with van der Waals surface area (Å²) in [5, 5.41) is 22.9. The highest BCUT2D eigenvalue weighted by molar-refractivity contribution is 6.31. The van der Waals surface area contributed by atoms with E-state index in [0.717, 1.165) is 25.7 Å². The van der Waals surface area contributed by atoms with E-state index in [0.29, 0.717) is 35.8 Å². The third kappa shape index (κ3) is 3.02. The van der Waals surface area contributed by atoms with Crippen molar-refractivity contribution in [1.82, 2.24) is 25.1 Å². The van der Waals surface area contributed by atoms with E-state index in [2.05, 4.69) is 15.4 Å². The summed E-state index contributed by atoms with van der Waals surface area (Å²) in [5.74, 6) is 0.0655.